The maximum Gasteiger partial charge on any atom is 0.227 e. The van der Waals surface area contributed by atoms with Crippen LogP contribution in [0.3, 0.4) is 0 Å². The van der Waals surface area contributed by atoms with E-state index in [1.807, 2.05) is 17.0 Å². The minimum absolute atomic E-state index is 0.0782. The van der Waals surface area contributed by atoms with E-state index >= 15 is 0 Å². The zero-order valence-corrected chi connectivity index (χ0v) is 17.4. The third kappa shape index (κ3) is 3.39. The van der Waals surface area contributed by atoms with Crippen molar-refractivity contribution >= 4 is 22.6 Å². The molecule has 5 rings (SSSR count). The summed E-state index contributed by atoms with van der Waals surface area (Å²) in [4.78, 5) is 19.9. The molecule has 150 valence electrons. The van der Waals surface area contributed by atoms with E-state index in [1.54, 1.807) is 0 Å². The number of amides is 1. The van der Waals surface area contributed by atoms with E-state index in [0.29, 0.717) is 13.0 Å². The van der Waals surface area contributed by atoms with E-state index in [-0.39, 0.29) is 11.8 Å². The van der Waals surface area contributed by atoms with Gasteiger partial charge in [-0.05, 0) is 54.8 Å². The SMILES string of the molecule is Cc1cc(C)cc(N2C[C@H](c3nc4ccccc4n3Cc3ccccc3)CC2=O)c1. The third-order valence-electron chi connectivity index (χ3n) is 5.88. The lowest BCUT2D eigenvalue weighted by Crippen LogP contribution is -2.24. The number of hydrogen-bond donors (Lipinski definition) is 0. The molecule has 0 aliphatic carbocycles. The van der Waals surface area contributed by atoms with Gasteiger partial charge < -0.3 is 9.47 Å². The predicted molar refractivity (Wildman–Crippen MR) is 121 cm³/mol. The topological polar surface area (TPSA) is 38.1 Å². The number of hydrogen-bond acceptors (Lipinski definition) is 2. The van der Waals surface area contributed by atoms with Gasteiger partial charge in [-0.1, -0.05) is 48.5 Å². The fourth-order valence-electron chi connectivity index (χ4n) is 4.57. The van der Waals surface area contributed by atoms with Crippen molar-refractivity contribution in [3.05, 3.63) is 95.3 Å². The van der Waals surface area contributed by atoms with Crippen LogP contribution in [0.5, 0.6) is 0 Å². The number of benzene rings is 3. The molecule has 0 radical (unpaired) electrons. The molecule has 1 atom stereocenters. The monoisotopic (exact) mass is 395 g/mol. The Morgan fingerprint density at radius 1 is 0.933 bits per heavy atom. The number of carbonyl (C=O) groups is 1. The summed E-state index contributed by atoms with van der Waals surface area (Å²) in [5.41, 5.74) is 6.69. The Labute approximate surface area is 176 Å². The smallest absolute Gasteiger partial charge is 0.227 e. The van der Waals surface area contributed by atoms with Gasteiger partial charge in [0.25, 0.3) is 0 Å². The quantitative estimate of drug-likeness (QED) is 0.475. The molecule has 1 aliphatic rings. The second kappa shape index (κ2) is 7.45. The van der Waals surface area contributed by atoms with E-state index in [4.69, 9.17) is 4.98 Å². The second-order valence-electron chi connectivity index (χ2n) is 8.28. The Kier molecular flexibility index (Phi) is 4.62. The molecule has 0 unspecified atom stereocenters. The third-order valence-corrected chi connectivity index (χ3v) is 5.88. The molecule has 2 heterocycles. The van der Waals surface area contributed by atoms with Crippen LogP contribution in [-0.2, 0) is 11.3 Å². The largest absolute Gasteiger partial charge is 0.323 e. The fraction of sp³-hybridized carbons (Fsp3) is 0.231. The maximum absolute atomic E-state index is 13.0. The molecule has 0 saturated carbocycles. The van der Waals surface area contributed by atoms with Crippen molar-refractivity contribution in [1.82, 2.24) is 9.55 Å². The number of aromatic nitrogens is 2. The van der Waals surface area contributed by atoms with Gasteiger partial charge in [-0.15, -0.1) is 0 Å². The van der Waals surface area contributed by atoms with Crippen molar-refractivity contribution in [2.24, 2.45) is 0 Å². The summed E-state index contributed by atoms with van der Waals surface area (Å²) in [6.07, 6.45) is 0.491. The van der Waals surface area contributed by atoms with Crippen molar-refractivity contribution in [1.29, 1.82) is 0 Å². The lowest BCUT2D eigenvalue weighted by atomic mass is 10.1. The molecule has 1 aliphatic heterocycles. The minimum Gasteiger partial charge on any atom is -0.323 e. The predicted octanol–water partition coefficient (Wildman–Crippen LogP) is 5.22. The van der Waals surface area contributed by atoms with Gasteiger partial charge in [0, 0.05) is 31.1 Å². The van der Waals surface area contributed by atoms with Crippen LogP contribution in [0.4, 0.5) is 5.69 Å². The van der Waals surface area contributed by atoms with Gasteiger partial charge in [-0.2, -0.15) is 0 Å². The summed E-state index contributed by atoms with van der Waals surface area (Å²) in [6.45, 7) is 5.58. The first kappa shape index (κ1) is 18.6. The van der Waals surface area contributed by atoms with Gasteiger partial charge in [-0.3, -0.25) is 4.79 Å². The Balaban J connectivity index is 1.53. The van der Waals surface area contributed by atoms with E-state index in [1.165, 1.54) is 16.7 Å². The molecule has 0 spiro atoms. The Hall–Kier alpha value is -3.40. The highest BCUT2D eigenvalue weighted by atomic mass is 16.2. The lowest BCUT2D eigenvalue weighted by molar-refractivity contribution is -0.117. The normalized spacial score (nSPS) is 16.5. The first-order chi connectivity index (χ1) is 14.6. The zero-order chi connectivity index (χ0) is 20.7. The average Bonchev–Trinajstić information content (AvgIpc) is 3.29. The van der Waals surface area contributed by atoms with Crippen LogP contribution in [0.1, 0.15) is 34.9 Å². The molecular formula is C26H25N3O. The first-order valence-corrected chi connectivity index (χ1v) is 10.5. The molecule has 3 aromatic carbocycles. The van der Waals surface area contributed by atoms with E-state index in [2.05, 4.69) is 79.1 Å². The number of imidazole rings is 1. The Bertz CT molecular complexity index is 1210. The standard InChI is InChI=1S/C26H25N3O/c1-18-12-19(2)14-22(13-18)28-17-21(15-25(28)30)26-27-23-10-6-7-11-24(23)29(26)16-20-8-4-3-5-9-20/h3-14,21H,15-17H2,1-2H3/t21-/m1/s1. The lowest BCUT2D eigenvalue weighted by Gasteiger charge is -2.19. The highest BCUT2D eigenvalue weighted by molar-refractivity contribution is 5.96. The molecule has 0 N–H and O–H groups in total. The molecule has 1 fully saturated rings. The van der Waals surface area contributed by atoms with Gasteiger partial charge >= 0.3 is 0 Å². The second-order valence-corrected chi connectivity index (χ2v) is 8.28. The number of carbonyl (C=O) groups excluding carboxylic acids is 1. The van der Waals surface area contributed by atoms with E-state index in [0.717, 1.165) is 29.1 Å². The number of aryl methyl sites for hydroxylation is 2. The molecule has 1 aromatic heterocycles. The van der Waals surface area contributed by atoms with Crippen LogP contribution in [-0.4, -0.2) is 22.0 Å². The summed E-state index contributed by atoms with van der Waals surface area (Å²) in [5, 5.41) is 0. The highest BCUT2D eigenvalue weighted by Gasteiger charge is 2.35. The Morgan fingerprint density at radius 3 is 2.40 bits per heavy atom. The molecule has 1 saturated heterocycles. The van der Waals surface area contributed by atoms with Gasteiger partial charge in [0.05, 0.1) is 11.0 Å². The maximum atomic E-state index is 13.0. The molecule has 4 aromatic rings. The van der Waals surface area contributed by atoms with Gasteiger partial charge in [-0.25, -0.2) is 4.98 Å². The van der Waals surface area contributed by atoms with Crippen LogP contribution < -0.4 is 4.90 Å². The number of nitrogens with zero attached hydrogens (tertiary/aromatic N) is 3. The Morgan fingerprint density at radius 2 is 1.63 bits per heavy atom. The zero-order valence-electron chi connectivity index (χ0n) is 17.4. The van der Waals surface area contributed by atoms with Crippen LogP contribution in [0.2, 0.25) is 0 Å². The van der Waals surface area contributed by atoms with E-state index in [9.17, 15) is 4.79 Å². The molecule has 30 heavy (non-hydrogen) atoms. The molecule has 4 nitrogen and oxygen atoms in total. The summed E-state index contributed by atoms with van der Waals surface area (Å²) in [5.74, 6) is 1.25. The molecule has 1 amide bonds. The first-order valence-electron chi connectivity index (χ1n) is 10.5. The van der Waals surface area contributed by atoms with Gasteiger partial charge in [0.1, 0.15) is 5.82 Å². The minimum atomic E-state index is 0.0782. The van der Waals surface area contributed by atoms with Crippen LogP contribution in [0.25, 0.3) is 11.0 Å². The molecular weight excluding hydrogens is 370 g/mol. The average molecular weight is 396 g/mol. The van der Waals surface area contributed by atoms with Crippen LogP contribution >= 0.6 is 0 Å². The summed E-state index contributed by atoms with van der Waals surface area (Å²) >= 11 is 0. The number of fused-ring (bicyclic) bond motifs is 1. The van der Waals surface area contributed by atoms with Crippen molar-refractivity contribution in [3.63, 3.8) is 0 Å². The van der Waals surface area contributed by atoms with E-state index < -0.39 is 0 Å². The van der Waals surface area contributed by atoms with Gasteiger partial charge in [0.2, 0.25) is 5.91 Å². The molecule has 4 heteroatoms. The summed E-state index contributed by atoms with van der Waals surface area (Å²) in [7, 11) is 0. The van der Waals surface area contributed by atoms with Crippen LogP contribution in [0.15, 0.2) is 72.8 Å². The summed E-state index contributed by atoms with van der Waals surface area (Å²) < 4.78 is 2.29. The molecule has 0 bridgehead atoms. The highest BCUT2D eigenvalue weighted by Crippen LogP contribution is 2.34. The fourth-order valence-corrected chi connectivity index (χ4v) is 4.57. The van der Waals surface area contributed by atoms with Crippen molar-refractivity contribution in [3.8, 4) is 0 Å². The van der Waals surface area contributed by atoms with Crippen molar-refractivity contribution in [2.45, 2.75) is 32.7 Å². The van der Waals surface area contributed by atoms with Crippen molar-refractivity contribution < 1.29 is 4.79 Å². The van der Waals surface area contributed by atoms with Crippen LogP contribution in [0, 0.1) is 13.8 Å². The summed E-state index contributed by atoms with van der Waals surface area (Å²) in [6, 6.07) is 25.0. The number of rotatable bonds is 4. The van der Waals surface area contributed by atoms with Gasteiger partial charge in [0.15, 0.2) is 0 Å². The number of para-hydroxylation sites is 2. The number of anilines is 1. The van der Waals surface area contributed by atoms with Crippen molar-refractivity contribution in [2.75, 3.05) is 11.4 Å².